The lowest BCUT2D eigenvalue weighted by atomic mass is 9.99. The van der Waals surface area contributed by atoms with Crippen molar-refractivity contribution in [3.05, 3.63) is 82.6 Å². The highest BCUT2D eigenvalue weighted by atomic mass is 79.9. The predicted octanol–water partition coefficient (Wildman–Crippen LogP) is 7.70. The lowest BCUT2D eigenvalue weighted by Gasteiger charge is -2.22. The van der Waals surface area contributed by atoms with E-state index in [1.165, 1.54) is 51.9 Å². The summed E-state index contributed by atoms with van der Waals surface area (Å²) in [7, 11) is 0. The molecular formula is C29H24BrF3N6O3S. The number of amidine groups is 1. The minimum atomic E-state index is -4.78. The van der Waals surface area contributed by atoms with Crippen molar-refractivity contribution in [2.45, 2.75) is 33.1 Å². The summed E-state index contributed by atoms with van der Waals surface area (Å²) in [5.41, 5.74) is 4.24. The number of urea groups is 1. The number of anilines is 2. The standard InChI is InChI=1S/C29H24BrF3N6O3S/c1-16(2)21-10-4-17(3)12-24(21)39-25(40)14-43-28(39)36-27(41)35-23-11-5-18(13-22(23)30)26-34-15-38(37-26)19-6-8-20(9-7-19)42-29(31,32)33/h4-13,15-16H,14H2,1-3H3,(H,35,41). The molecule has 1 N–H and O–H groups in total. The summed E-state index contributed by atoms with van der Waals surface area (Å²) < 4.78 is 43.1. The monoisotopic (exact) mass is 672 g/mol. The highest BCUT2D eigenvalue weighted by Crippen LogP contribution is 2.35. The van der Waals surface area contributed by atoms with Crippen LogP contribution in [0.4, 0.5) is 29.3 Å². The van der Waals surface area contributed by atoms with Crippen LogP contribution in [0.15, 0.2) is 76.5 Å². The number of thioether (sulfide) groups is 1. The molecule has 0 saturated carbocycles. The molecule has 9 nitrogen and oxygen atoms in total. The van der Waals surface area contributed by atoms with Crippen LogP contribution in [0.1, 0.15) is 30.9 Å². The van der Waals surface area contributed by atoms with Crippen LogP contribution in [0.5, 0.6) is 5.75 Å². The van der Waals surface area contributed by atoms with Crippen LogP contribution in [-0.2, 0) is 4.79 Å². The maximum absolute atomic E-state index is 12.9. The van der Waals surface area contributed by atoms with Crippen molar-refractivity contribution >= 4 is 56.2 Å². The lowest BCUT2D eigenvalue weighted by molar-refractivity contribution is -0.274. The molecule has 222 valence electrons. The molecule has 0 unspecified atom stereocenters. The zero-order valence-electron chi connectivity index (χ0n) is 23.0. The quantitative estimate of drug-likeness (QED) is 0.225. The van der Waals surface area contributed by atoms with E-state index >= 15 is 0 Å². The first-order valence-electron chi connectivity index (χ1n) is 12.9. The van der Waals surface area contributed by atoms with E-state index < -0.39 is 12.4 Å². The third kappa shape index (κ3) is 7.08. The summed E-state index contributed by atoms with van der Waals surface area (Å²) in [4.78, 5) is 35.8. The van der Waals surface area contributed by atoms with Gasteiger partial charge in [0.25, 0.3) is 0 Å². The fourth-order valence-corrected chi connectivity index (χ4v) is 5.66. The zero-order chi connectivity index (χ0) is 30.9. The molecule has 0 bridgehead atoms. The molecule has 0 spiro atoms. The number of aromatic nitrogens is 3. The number of halogens is 4. The first-order valence-corrected chi connectivity index (χ1v) is 14.7. The average molecular weight is 674 g/mol. The summed E-state index contributed by atoms with van der Waals surface area (Å²) in [5.74, 6) is 0.209. The molecule has 5 rings (SSSR count). The van der Waals surface area contributed by atoms with Gasteiger partial charge in [-0.05, 0) is 88.4 Å². The maximum Gasteiger partial charge on any atom is 0.573 e. The molecule has 1 aliphatic rings. The maximum atomic E-state index is 12.9. The molecule has 0 atom stereocenters. The molecule has 14 heteroatoms. The SMILES string of the molecule is Cc1ccc(C(C)C)c(N2C(=O)CSC2=NC(=O)Nc2ccc(-c3ncn(-c4ccc(OC(F)(F)F)cc4)n3)cc2Br)c1. The number of carbonyl (C=O) groups excluding carboxylic acids is 2. The van der Waals surface area contributed by atoms with Crippen LogP contribution >= 0.6 is 27.7 Å². The number of nitrogens with zero attached hydrogens (tertiary/aromatic N) is 5. The highest BCUT2D eigenvalue weighted by molar-refractivity contribution is 9.10. The Hall–Kier alpha value is -4.17. The summed E-state index contributed by atoms with van der Waals surface area (Å²) in [6, 6.07) is 15.6. The van der Waals surface area contributed by atoms with Gasteiger partial charge in [-0.25, -0.2) is 14.5 Å². The number of aryl methyl sites for hydroxylation is 1. The van der Waals surface area contributed by atoms with E-state index in [0.717, 1.165) is 16.8 Å². The Balaban J connectivity index is 1.31. The van der Waals surface area contributed by atoms with Gasteiger partial charge in [-0.15, -0.1) is 18.3 Å². The number of benzene rings is 3. The Morgan fingerprint density at radius 2 is 1.86 bits per heavy atom. The second-order valence-electron chi connectivity index (χ2n) is 9.81. The van der Waals surface area contributed by atoms with Gasteiger partial charge < -0.3 is 10.1 Å². The molecular weight excluding hydrogens is 649 g/mol. The van der Waals surface area contributed by atoms with E-state index in [9.17, 15) is 22.8 Å². The van der Waals surface area contributed by atoms with Crippen LogP contribution in [-0.4, -0.2) is 44.0 Å². The molecule has 1 aliphatic heterocycles. The Labute approximate surface area is 257 Å². The Morgan fingerprint density at radius 1 is 1.12 bits per heavy atom. The van der Waals surface area contributed by atoms with E-state index in [1.54, 1.807) is 18.2 Å². The highest BCUT2D eigenvalue weighted by Gasteiger charge is 2.33. The van der Waals surface area contributed by atoms with Crippen molar-refractivity contribution in [3.63, 3.8) is 0 Å². The fourth-order valence-electron chi connectivity index (χ4n) is 4.32. The Bertz CT molecular complexity index is 1720. The molecule has 3 amide bonds. The number of ether oxygens (including phenoxy) is 1. The molecule has 3 aromatic carbocycles. The van der Waals surface area contributed by atoms with Crippen LogP contribution in [0.25, 0.3) is 17.1 Å². The molecule has 0 aliphatic carbocycles. The van der Waals surface area contributed by atoms with Gasteiger partial charge in [-0.2, -0.15) is 4.99 Å². The largest absolute Gasteiger partial charge is 0.573 e. The van der Waals surface area contributed by atoms with Gasteiger partial charge >= 0.3 is 12.4 Å². The third-order valence-corrected chi connectivity index (χ3v) is 7.89. The number of hydrogen-bond donors (Lipinski definition) is 1. The number of hydrogen-bond acceptors (Lipinski definition) is 6. The minimum Gasteiger partial charge on any atom is -0.406 e. The molecule has 4 aromatic rings. The Kier molecular flexibility index (Phi) is 8.60. The molecule has 1 fully saturated rings. The molecule has 0 radical (unpaired) electrons. The van der Waals surface area contributed by atoms with E-state index in [2.05, 4.69) is 41.1 Å². The second-order valence-corrected chi connectivity index (χ2v) is 11.6. The number of amides is 3. The van der Waals surface area contributed by atoms with Crippen LogP contribution in [0.2, 0.25) is 0 Å². The van der Waals surface area contributed by atoms with Crippen molar-refractivity contribution in [2.24, 2.45) is 4.99 Å². The van der Waals surface area contributed by atoms with E-state index in [0.29, 0.717) is 32.4 Å². The fraction of sp³-hybridized carbons (Fsp3) is 0.207. The van der Waals surface area contributed by atoms with E-state index in [-0.39, 0.29) is 23.3 Å². The zero-order valence-corrected chi connectivity index (χ0v) is 25.4. The lowest BCUT2D eigenvalue weighted by Crippen LogP contribution is -2.31. The minimum absolute atomic E-state index is 0.146. The van der Waals surface area contributed by atoms with Crippen molar-refractivity contribution in [3.8, 4) is 22.8 Å². The van der Waals surface area contributed by atoms with Crippen LogP contribution in [0.3, 0.4) is 0 Å². The number of alkyl halides is 3. The van der Waals surface area contributed by atoms with Crippen molar-refractivity contribution in [1.82, 2.24) is 14.8 Å². The van der Waals surface area contributed by atoms with Gasteiger partial charge in [-0.3, -0.25) is 9.69 Å². The molecule has 43 heavy (non-hydrogen) atoms. The van der Waals surface area contributed by atoms with Crippen molar-refractivity contribution < 1.29 is 27.5 Å². The molecule has 1 saturated heterocycles. The third-order valence-electron chi connectivity index (χ3n) is 6.31. The van der Waals surface area contributed by atoms with Gasteiger partial charge in [0.05, 0.1) is 22.8 Å². The van der Waals surface area contributed by atoms with E-state index in [4.69, 9.17) is 0 Å². The molecule has 1 aromatic heterocycles. The van der Waals surface area contributed by atoms with Crippen LogP contribution in [0, 0.1) is 6.92 Å². The van der Waals surface area contributed by atoms with Gasteiger partial charge in [-0.1, -0.05) is 37.7 Å². The number of carbonyl (C=O) groups is 2. The first kappa shape index (κ1) is 30.3. The topological polar surface area (TPSA) is 102 Å². The van der Waals surface area contributed by atoms with Crippen molar-refractivity contribution in [2.75, 3.05) is 16.0 Å². The van der Waals surface area contributed by atoms with Gasteiger partial charge in [0.15, 0.2) is 11.0 Å². The number of nitrogens with one attached hydrogen (secondary N) is 1. The number of aliphatic imine (C=N–C) groups is 1. The summed E-state index contributed by atoms with van der Waals surface area (Å²) >= 11 is 4.66. The molecule has 2 heterocycles. The first-order chi connectivity index (χ1) is 20.4. The Morgan fingerprint density at radius 3 is 2.53 bits per heavy atom. The normalized spacial score (nSPS) is 14.6. The van der Waals surface area contributed by atoms with Gasteiger partial charge in [0.1, 0.15) is 12.1 Å². The second kappa shape index (κ2) is 12.2. The van der Waals surface area contributed by atoms with Gasteiger partial charge in [0.2, 0.25) is 5.91 Å². The number of rotatable bonds is 6. The summed E-state index contributed by atoms with van der Waals surface area (Å²) in [6.45, 7) is 6.03. The van der Waals surface area contributed by atoms with E-state index in [1.807, 2.05) is 39.0 Å². The van der Waals surface area contributed by atoms with Crippen LogP contribution < -0.4 is 15.0 Å². The smallest absolute Gasteiger partial charge is 0.406 e. The summed E-state index contributed by atoms with van der Waals surface area (Å²) in [5, 5.41) is 7.44. The average Bonchev–Trinajstić information content (AvgIpc) is 3.56. The summed E-state index contributed by atoms with van der Waals surface area (Å²) in [6.07, 6.45) is -3.35. The van der Waals surface area contributed by atoms with Gasteiger partial charge in [0, 0.05) is 10.0 Å². The predicted molar refractivity (Wildman–Crippen MR) is 163 cm³/mol. The van der Waals surface area contributed by atoms with Crippen molar-refractivity contribution in [1.29, 1.82) is 0 Å².